The van der Waals surface area contributed by atoms with Gasteiger partial charge in [-0.25, -0.2) is 0 Å². The van der Waals surface area contributed by atoms with Crippen LogP contribution >= 0.6 is 11.6 Å². The maximum Gasteiger partial charge on any atom is 0.303 e. The van der Waals surface area contributed by atoms with Crippen molar-refractivity contribution in [3.63, 3.8) is 0 Å². The standard InChI is InChI=1S/C27H33ClO4/c28-23-18-25(30)27(22(23)10-6-1-2-7-11-26(31)32)21-15-13-20(14-16-21)24(29)17-12-19-8-4-3-5-9-19/h1,3-6,8-9,13-16,22-25,27,29-30H,2,7,10-12,17-18H2,(H,31,32)/b6-1-/t22-,23+,24?,25?,27+/m0/s1. The maximum absolute atomic E-state index is 10.7. The third-order valence-corrected chi connectivity index (χ3v) is 6.90. The molecule has 0 bridgehead atoms. The maximum atomic E-state index is 10.7. The van der Waals surface area contributed by atoms with Crippen molar-refractivity contribution in [2.24, 2.45) is 5.92 Å². The van der Waals surface area contributed by atoms with Gasteiger partial charge in [0.25, 0.3) is 0 Å². The SMILES string of the molecule is O=C(O)CCC/C=C\C[C@H]1[C@H](Cl)CC(O)[C@@H]1c1ccc(C(O)CCc2ccccc2)cc1. The van der Waals surface area contributed by atoms with Crippen molar-refractivity contribution in [3.05, 3.63) is 83.4 Å². The number of alkyl halides is 1. The van der Waals surface area contributed by atoms with E-state index in [-0.39, 0.29) is 23.6 Å². The molecule has 2 unspecified atom stereocenters. The lowest BCUT2D eigenvalue weighted by Gasteiger charge is -2.23. The molecule has 4 nitrogen and oxygen atoms in total. The largest absolute Gasteiger partial charge is 0.481 e. The highest BCUT2D eigenvalue weighted by atomic mass is 35.5. The summed E-state index contributed by atoms with van der Waals surface area (Å²) in [7, 11) is 0. The summed E-state index contributed by atoms with van der Waals surface area (Å²) in [4.78, 5) is 10.6. The molecule has 0 aliphatic heterocycles. The first-order valence-corrected chi connectivity index (χ1v) is 11.9. The Morgan fingerprint density at radius 2 is 1.81 bits per heavy atom. The first kappa shape index (κ1) is 24.5. The Morgan fingerprint density at radius 1 is 1.09 bits per heavy atom. The molecule has 32 heavy (non-hydrogen) atoms. The summed E-state index contributed by atoms with van der Waals surface area (Å²) in [6.07, 6.45) is 7.39. The predicted octanol–water partition coefficient (Wildman–Crippen LogP) is 5.63. The van der Waals surface area contributed by atoms with Crippen molar-refractivity contribution in [1.82, 2.24) is 0 Å². The Hall–Kier alpha value is -2.14. The molecule has 0 amide bonds. The second-order valence-corrected chi connectivity index (χ2v) is 9.27. The minimum absolute atomic E-state index is 0.0447. The predicted molar refractivity (Wildman–Crippen MR) is 128 cm³/mol. The fourth-order valence-electron chi connectivity index (χ4n) is 4.62. The molecule has 5 heteroatoms. The minimum Gasteiger partial charge on any atom is -0.481 e. The van der Waals surface area contributed by atoms with Gasteiger partial charge in [0.2, 0.25) is 0 Å². The lowest BCUT2D eigenvalue weighted by molar-refractivity contribution is -0.137. The Kier molecular flexibility index (Phi) is 9.34. The number of carboxylic acid groups (broad SMARTS) is 1. The van der Waals surface area contributed by atoms with Gasteiger partial charge in [-0.05, 0) is 61.1 Å². The fraction of sp³-hybridized carbons (Fsp3) is 0.444. The molecule has 0 aromatic heterocycles. The van der Waals surface area contributed by atoms with E-state index in [4.69, 9.17) is 16.7 Å². The summed E-state index contributed by atoms with van der Waals surface area (Å²) in [6.45, 7) is 0. The Morgan fingerprint density at radius 3 is 2.50 bits per heavy atom. The van der Waals surface area contributed by atoms with Crippen molar-refractivity contribution < 1.29 is 20.1 Å². The molecule has 0 radical (unpaired) electrons. The lowest BCUT2D eigenvalue weighted by atomic mass is 9.84. The van der Waals surface area contributed by atoms with E-state index >= 15 is 0 Å². The number of hydrogen-bond acceptors (Lipinski definition) is 3. The number of benzene rings is 2. The quantitative estimate of drug-likeness (QED) is 0.233. The molecule has 1 aliphatic rings. The second-order valence-electron chi connectivity index (χ2n) is 8.71. The average molecular weight is 457 g/mol. The van der Waals surface area contributed by atoms with E-state index in [9.17, 15) is 15.0 Å². The summed E-state index contributed by atoms with van der Waals surface area (Å²) in [5.41, 5.74) is 3.14. The van der Waals surface area contributed by atoms with E-state index < -0.39 is 18.2 Å². The van der Waals surface area contributed by atoms with E-state index in [2.05, 4.69) is 18.2 Å². The number of aryl methyl sites for hydroxylation is 1. The number of unbranched alkanes of at least 4 members (excludes halogenated alkanes) is 1. The molecule has 172 valence electrons. The normalized spacial score (nSPS) is 24.1. The number of carbonyl (C=O) groups is 1. The molecule has 2 aromatic rings. The number of aliphatic carboxylic acids is 1. The Labute approximate surface area is 195 Å². The van der Waals surface area contributed by atoms with Gasteiger partial charge < -0.3 is 15.3 Å². The van der Waals surface area contributed by atoms with Crippen molar-refractivity contribution in [1.29, 1.82) is 0 Å². The van der Waals surface area contributed by atoms with E-state index in [0.717, 1.165) is 30.4 Å². The molecular weight excluding hydrogens is 424 g/mol. The van der Waals surface area contributed by atoms with Crippen molar-refractivity contribution in [2.45, 2.75) is 68.4 Å². The average Bonchev–Trinajstić information content (AvgIpc) is 3.07. The number of aliphatic hydroxyl groups excluding tert-OH is 2. The summed E-state index contributed by atoms with van der Waals surface area (Å²) in [6, 6.07) is 18.1. The first-order chi connectivity index (χ1) is 15.5. The molecule has 3 N–H and O–H groups in total. The first-order valence-electron chi connectivity index (χ1n) is 11.5. The molecule has 5 atom stereocenters. The number of aliphatic hydroxyl groups is 2. The number of carboxylic acids is 1. The van der Waals surface area contributed by atoms with Crippen LogP contribution < -0.4 is 0 Å². The topological polar surface area (TPSA) is 77.8 Å². The summed E-state index contributed by atoms with van der Waals surface area (Å²) in [5, 5.41) is 29.9. The van der Waals surface area contributed by atoms with Crippen LogP contribution in [0.5, 0.6) is 0 Å². The lowest BCUT2D eigenvalue weighted by Crippen LogP contribution is -2.18. The number of halogens is 1. The van der Waals surface area contributed by atoms with E-state index in [0.29, 0.717) is 19.3 Å². The molecule has 0 saturated heterocycles. The van der Waals surface area contributed by atoms with Crippen LogP contribution in [0.3, 0.4) is 0 Å². The van der Waals surface area contributed by atoms with Crippen LogP contribution in [0.2, 0.25) is 0 Å². The van der Waals surface area contributed by atoms with Crippen LogP contribution in [0.25, 0.3) is 0 Å². The Bertz CT molecular complexity index is 865. The van der Waals surface area contributed by atoms with Crippen molar-refractivity contribution >= 4 is 17.6 Å². The van der Waals surface area contributed by atoms with E-state index in [1.807, 2.05) is 48.5 Å². The van der Waals surface area contributed by atoms with Crippen LogP contribution in [0.1, 0.15) is 67.2 Å². The zero-order chi connectivity index (χ0) is 22.9. The molecule has 1 fully saturated rings. The zero-order valence-corrected chi connectivity index (χ0v) is 19.1. The van der Waals surface area contributed by atoms with Gasteiger partial charge in [-0.1, -0.05) is 66.7 Å². The number of rotatable bonds is 11. The zero-order valence-electron chi connectivity index (χ0n) is 18.3. The molecule has 1 aliphatic carbocycles. The molecule has 2 aromatic carbocycles. The van der Waals surface area contributed by atoms with Crippen LogP contribution in [-0.4, -0.2) is 32.8 Å². The Balaban J connectivity index is 1.58. The van der Waals surface area contributed by atoms with Gasteiger partial charge in [-0.15, -0.1) is 11.6 Å². The van der Waals surface area contributed by atoms with Crippen LogP contribution in [-0.2, 0) is 11.2 Å². The summed E-state index contributed by atoms with van der Waals surface area (Å²) >= 11 is 6.57. The van der Waals surface area contributed by atoms with Gasteiger partial charge in [0.05, 0.1) is 12.2 Å². The molecule has 0 spiro atoms. The fourth-order valence-corrected chi connectivity index (χ4v) is 5.07. The van der Waals surface area contributed by atoms with Gasteiger partial charge in [0.15, 0.2) is 0 Å². The van der Waals surface area contributed by atoms with Crippen LogP contribution in [0, 0.1) is 5.92 Å². The smallest absolute Gasteiger partial charge is 0.303 e. The molecule has 0 heterocycles. The monoisotopic (exact) mass is 456 g/mol. The highest BCUT2D eigenvalue weighted by molar-refractivity contribution is 6.21. The third-order valence-electron chi connectivity index (χ3n) is 6.40. The summed E-state index contributed by atoms with van der Waals surface area (Å²) < 4.78 is 0. The highest BCUT2D eigenvalue weighted by Gasteiger charge is 2.41. The van der Waals surface area contributed by atoms with Gasteiger partial charge in [-0.2, -0.15) is 0 Å². The number of hydrogen-bond donors (Lipinski definition) is 3. The van der Waals surface area contributed by atoms with Gasteiger partial charge in [0.1, 0.15) is 0 Å². The van der Waals surface area contributed by atoms with Crippen LogP contribution in [0.15, 0.2) is 66.7 Å². The minimum atomic E-state index is -0.771. The summed E-state index contributed by atoms with van der Waals surface area (Å²) in [5.74, 6) is -0.695. The van der Waals surface area contributed by atoms with Crippen LogP contribution in [0.4, 0.5) is 0 Å². The van der Waals surface area contributed by atoms with Gasteiger partial charge in [-0.3, -0.25) is 4.79 Å². The van der Waals surface area contributed by atoms with Gasteiger partial charge in [0, 0.05) is 17.7 Å². The van der Waals surface area contributed by atoms with Crippen molar-refractivity contribution in [2.75, 3.05) is 0 Å². The molecular formula is C27H33ClO4. The third kappa shape index (κ3) is 6.93. The van der Waals surface area contributed by atoms with E-state index in [1.165, 1.54) is 5.56 Å². The second kappa shape index (κ2) is 12.2. The molecule has 3 rings (SSSR count). The van der Waals surface area contributed by atoms with Crippen molar-refractivity contribution in [3.8, 4) is 0 Å². The highest BCUT2D eigenvalue weighted by Crippen LogP contribution is 2.45. The number of allylic oxidation sites excluding steroid dienone is 2. The molecule has 1 saturated carbocycles. The van der Waals surface area contributed by atoms with Gasteiger partial charge >= 0.3 is 5.97 Å². The van der Waals surface area contributed by atoms with E-state index in [1.54, 1.807) is 0 Å².